The normalized spacial score (nSPS) is 19.2. The summed E-state index contributed by atoms with van der Waals surface area (Å²) in [5, 5.41) is 0. The van der Waals surface area contributed by atoms with Crippen molar-refractivity contribution in [3.63, 3.8) is 0 Å². The SMILES string of the molecule is CCN1CCN(c2nc3ccccn3c(=O)c2C=C2SC(=S)N(C(C)c3ccccc3)C2=O)CC1. The Kier molecular flexibility index (Phi) is 6.73. The first kappa shape index (κ1) is 23.7. The highest BCUT2D eigenvalue weighted by Gasteiger charge is 2.36. The number of likely N-dealkylation sites (N-methyl/N-ethyl adjacent to an activating group) is 1. The quantitative estimate of drug-likeness (QED) is 0.386. The van der Waals surface area contributed by atoms with Crippen molar-refractivity contribution >= 4 is 51.7 Å². The van der Waals surface area contributed by atoms with Gasteiger partial charge in [-0.25, -0.2) is 4.98 Å². The molecule has 2 aliphatic rings. The zero-order chi connectivity index (χ0) is 24.5. The molecule has 2 fully saturated rings. The van der Waals surface area contributed by atoms with Crippen LogP contribution in [-0.4, -0.2) is 62.1 Å². The molecule has 7 nitrogen and oxygen atoms in total. The number of piperazine rings is 1. The Bertz CT molecular complexity index is 1360. The van der Waals surface area contributed by atoms with Crippen LogP contribution in [0.3, 0.4) is 0 Å². The summed E-state index contributed by atoms with van der Waals surface area (Å²) in [5.74, 6) is 0.439. The summed E-state index contributed by atoms with van der Waals surface area (Å²) in [5.41, 5.74) is 1.83. The van der Waals surface area contributed by atoms with E-state index in [0.717, 1.165) is 38.3 Å². The highest BCUT2D eigenvalue weighted by atomic mass is 32.2. The van der Waals surface area contributed by atoms with Crippen molar-refractivity contribution in [2.45, 2.75) is 19.9 Å². The molecule has 3 aromatic rings. The van der Waals surface area contributed by atoms with Gasteiger partial charge in [-0.15, -0.1) is 0 Å². The molecule has 35 heavy (non-hydrogen) atoms. The van der Waals surface area contributed by atoms with Crippen LogP contribution in [0, 0.1) is 0 Å². The Morgan fingerprint density at radius 1 is 1.06 bits per heavy atom. The van der Waals surface area contributed by atoms with E-state index in [9.17, 15) is 9.59 Å². The van der Waals surface area contributed by atoms with Crippen LogP contribution in [0.4, 0.5) is 5.82 Å². The molecule has 1 amide bonds. The monoisotopic (exact) mass is 505 g/mol. The van der Waals surface area contributed by atoms with Crippen molar-refractivity contribution in [2.24, 2.45) is 0 Å². The zero-order valence-corrected chi connectivity index (χ0v) is 21.4. The second kappa shape index (κ2) is 9.93. The molecule has 2 aromatic heterocycles. The number of anilines is 1. The predicted octanol–water partition coefficient (Wildman–Crippen LogP) is 3.80. The average molecular weight is 506 g/mol. The third-order valence-corrected chi connectivity index (χ3v) is 7.97. The molecule has 0 spiro atoms. The van der Waals surface area contributed by atoms with Gasteiger partial charge in [0.25, 0.3) is 11.5 Å². The van der Waals surface area contributed by atoms with Crippen LogP contribution in [0.2, 0.25) is 0 Å². The van der Waals surface area contributed by atoms with E-state index < -0.39 is 0 Å². The molecule has 0 bridgehead atoms. The maximum Gasteiger partial charge on any atom is 0.267 e. The van der Waals surface area contributed by atoms with Crippen molar-refractivity contribution in [3.8, 4) is 0 Å². The van der Waals surface area contributed by atoms with Crippen LogP contribution >= 0.6 is 24.0 Å². The lowest BCUT2D eigenvalue weighted by molar-refractivity contribution is -0.123. The van der Waals surface area contributed by atoms with Crippen LogP contribution in [0.15, 0.2) is 64.4 Å². The summed E-state index contributed by atoms with van der Waals surface area (Å²) >= 11 is 6.83. The first-order valence-electron chi connectivity index (χ1n) is 11.8. The van der Waals surface area contributed by atoms with Crippen LogP contribution in [0.25, 0.3) is 11.7 Å². The van der Waals surface area contributed by atoms with Gasteiger partial charge in [-0.3, -0.25) is 18.9 Å². The van der Waals surface area contributed by atoms with Crippen molar-refractivity contribution in [3.05, 3.63) is 81.1 Å². The standard InChI is InChI=1S/C26H27N5O2S2/c1-3-28-13-15-29(16-14-28)23-20(24(32)30-12-8-7-11-22(30)27-23)17-21-25(33)31(26(34)35-21)18(2)19-9-5-4-6-10-19/h4-12,17-18H,3,13-16H2,1-2H3. The van der Waals surface area contributed by atoms with Crippen LogP contribution in [0.1, 0.15) is 31.0 Å². The molecule has 0 N–H and O–H groups in total. The maximum atomic E-state index is 13.6. The van der Waals surface area contributed by atoms with Gasteiger partial charge in [0, 0.05) is 32.4 Å². The van der Waals surface area contributed by atoms with E-state index in [1.807, 2.05) is 49.4 Å². The van der Waals surface area contributed by atoms with Crippen molar-refractivity contribution in [1.29, 1.82) is 0 Å². The summed E-state index contributed by atoms with van der Waals surface area (Å²) in [7, 11) is 0. The van der Waals surface area contributed by atoms with Crippen LogP contribution in [0.5, 0.6) is 0 Å². The summed E-state index contributed by atoms with van der Waals surface area (Å²) in [6, 6.07) is 15.1. The number of thioether (sulfide) groups is 1. The van der Waals surface area contributed by atoms with Gasteiger partial charge in [0.05, 0.1) is 16.5 Å². The number of nitrogens with zero attached hydrogens (tertiary/aromatic N) is 5. The number of aromatic nitrogens is 2. The zero-order valence-electron chi connectivity index (χ0n) is 19.8. The van der Waals surface area contributed by atoms with E-state index in [1.165, 1.54) is 16.2 Å². The van der Waals surface area contributed by atoms with E-state index in [4.69, 9.17) is 17.2 Å². The highest BCUT2D eigenvalue weighted by molar-refractivity contribution is 8.26. The molecule has 2 aliphatic heterocycles. The molecule has 1 atom stereocenters. The number of hydrogen-bond donors (Lipinski definition) is 0. The fourth-order valence-electron chi connectivity index (χ4n) is 4.56. The summed E-state index contributed by atoms with van der Waals surface area (Å²) in [6.45, 7) is 8.47. The number of rotatable bonds is 5. The molecule has 0 aliphatic carbocycles. The molecule has 5 rings (SSSR count). The third kappa shape index (κ3) is 4.51. The number of amides is 1. The predicted molar refractivity (Wildman–Crippen MR) is 146 cm³/mol. The number of benzene rings is 1. The van der Waals surface area contributed by atoms with Gasteiger partial charge in [0.2, 0.25) is 0 Å². The lowest BCUT2D eigenvalue weighted by atomic mass is 10.1. The van der Waals surface area contributed by atoms with Crippen molar-refractivity contribution < 1.29 is 4.79 Å². The van der Waals surface area contributed by atoms with Crippen LogP contribution < -0.4 is 10.5 Å². The first-order chi connectivity index (χ1) is 17.0. The van der Waals surface area contributed by atoms with E-state index in [1.54, 1.807) is 23.2 Å². The maximum absolute atomic E-state index is 13.6. The smallest absolute Gasteiger partial charge is 0.267 e. The number of hydrogen-bond acceptors (Lipinski definition) is 7. The van der Waals surface area contributed by atoms with Crippen molar-refractivity contribution in [2.75, 3.05) is 37.6 Å². The second-order valence-corrected chi connectivity index (χ2v) is 10.3. The van der Waals surface area contributed by atoms with E-state index in [2.05, 4.69) is 16.7 Å². The lowest BCUT2D eigenvalue weighted by Gasteiger charge is -2.35. The number of carbonyl (C=O) groups is 1. The molecule has 2 saturated heterocycles. The van der Waals surface area contributed by atoms with Gasteiger partial charge in [-0.1, -0.05) is 67.3 Å². The number of fused-ring (bicyclic) bond motifs is 1. The Hall–Kier alpha value is -3.01. The van der Waals surface area contributed by atoms with Gasteiger partial charge in [0.15, 0.2) is 0 Å². The largest absolute Gasteiger partial charge is 0.353 e. The van der Waals surface area contributed by atoms with Gasteiger partial charge in [-0.2, -0.15) is 0 Å². The molecule has 0 saturated carbocycles. The Labute approximate surface area is 214 Å². The molecule has 4 heterocycles. The average Bonchev–Trinajstić information content (AvgIpc) is 3.18. The number of thiocarbonyl (C=S) groups is 1. The molecule has 1 aromatic carbocycles. The Balaban J connectivity index is 1.55. The summed E-state index contributed by atoms with van der Waals surface area (Å²) < 4.78 is 2.02. The summed E-state index contributed by atoms with van der Waals surface area (Å²) in [4.78, 5) is 38.5. The van der Waals surface area contributed by atoms with Crippen LogP contribution in [-0.2, 0) is 4.79 Å². The molecule has 180 valence electrons. The minimum absolute atomic E-state index is 0.185. The number of pyridine rings is 1. The van der Waals surface area contributed by atoms with Gasteiger partial charge in [-0.05, 0) is 37.2 Å². The first-order valence-corrected chi connectivity index (χ1v) is 13.0. The van der Waals surface area contributed by atoms with E-state index >= 15 is 0 Å². The topological polar surface area (TPSA) is 61.2 Å². The number of carbonyl (C=O) groups excluding carboxylic acids is 1. The lowest BCUT2D eigenvalue weighted by Crippen LogP contribution is -2.47. The molecule has 9 heteroatoms. The molecular weight excluding hydrogens is 478 g/mol. The Morgan fingerprint density at radius 3 is 2.49 bits per heavy atom. The minimum atomic E-state index is -0.202. The Morgan fingerprint density at radius 2 is 1.77 bits per heavy atom. The highest BCUT2D eigenvalue weighted by Crippen LogP contribution is 2.38. The third-order valence-electron chi connectivity index (χ3n) is 6.64. The summed E-state index contributed by atoms with van der Waals surface area (Å²) in [6.07, 6.45) is 3.40. The molecular formula is C26H27N5O2S2. The fourth-order valence-corrected chi connectivity index (χ4v) is 5.96. The minimum Gasteiger partial charge on any atom is -0.353 e. The van der Waals surface area contributed by atoms with E-state index in [-0.39, 0.29) is 17.5 Å². The van der Waals surface area contributed by atoms with Gasteiger partial charge in [0.1, 0.15) is 15.8 Å². The van der Waals surface area contributed by atoms with Gasteiger partial charge >= 0.3 is 0 Å². The van der Waals surface area contributed by atoms with Gasteiger partial charge < -0.3 is 9.80 Å². The van der Waals surface area contributed by atoms with E-state index in [0.29, 0.717) is 26.3 Å². The second-order valence-electron chi connectivity index (χ2n) is 8.64. The molecule has 0 radical (unpaired) electrons. The van der Waals surface area contributed by atoms with Crippen molar-refractivity contribution in [1.82, 2.24) is 19.2 Å². The fraction of sp³-hybridized carbons (Fsp3) is 0.308. The molecule has 1 unspecified atom stereocenters.